The van der Waals surface area contributed by atoms with Crippen LogP contribution < -0.4 is 0 Å². The van der Waals surface area contributed by atoms with Gasteiger partial charge in [0.25, 0.3) is 0 Å². The highest BCUT2D eigenvalue weighted by atomic mass is 79.9. The quantitative estimate of drug-likeness (QED) is 0.872. The first-order valence-electron chi connectivity index (χ1n) is 5.62. The Kier molecular flexibility index (Phi) is 3.62. The molecule has 1 aromatic rings. The average Bonchev–Trinajstić information content (AvgIpc) is 2.77. The van der Waals surface area contributed by atoms with Crippen molar-refractivity contribution in [3.05, 3.63) is 34.3 Å². The number of carbonyl (C=O) groups excluding carboxylic acids is 1. The zero-order chi connectivity index (χ0) is 12.4. The van der Waals surface area contributed by atoms with E-state index in [1.165, 1.54) is 0 Å². The third kappa shape index (κ3) is 2.57. The molecule has 0 aromatic heterocycles. The summed E-state index contributed by atoms with van der Waals surface area (Å²) in [7, 11) is 0. The Hall–Kier alpha value is -1.16. The van der Waals surface area contributed by atoms with Crippen molar-refractivity contribution in [2.45, 2.75) is 19.3 Å². The number of carboxylic acid groups (broad SMARTS) is 1. The Morgan fingerprint density at radius 1 is 1.24 bits per heavy atom. The van der Waals surface area contributed by atoms with Gasteiger partial charge in [-0.1, -0.05) is 34.5 Å². The summed E-state index contributed by atoms with van der Waals surface area (Å²) in [6.07, 6.45) is 2.11. The summed E-state index contributed by atoms with van der Waals surface area (Å²) < 4.78 is 0.841. The maximum atomic E-state index is 12.2. The first kappa shape index (κ1) is 12.3. The van der Waals surface area contributed by atoms with Crippen molar-refractivity contribution < 1.29 is 14.7 Å². The fourth-order valence-electron chi connectivity index (χ4n) is 2.43. The summed E-state index contributed by atoms with van der Waals surface area (Å²) in [4.78, 5) is 23.3. The van der Waals surface area contributed by atoms with E-state index >= 15 is 0 Å². The molecule has 1 N–H and O–H groups in total. The highest BCUT2D eigenvalue weighted by Crippen LogP contribution is 2.34. The van der Waals surface area contributed by atoms with Gasteiger partial charge < -0.3 is 5.11 Å². The maximum absolute atomic E-state index is 12.2. The Morgan fingerprint density at radius 2 is 1.94 bits per heavy atom. The second-order valence-electron chi connectivity index (χ2n) is 4.36. The number of Topliss-reactive ketones (excluding diaryl/α,β-unsaturated/α-hetero) is 1. The molecule has 2 atom stereocenters. The molecule has 0 spiro atoms. The van der Waals surface area contributed by atoms with Crippen molar-refractivity contribution >= 4 is 27.7 Å². The monoisotopic (exact) mass is 296 g/mol. The van der Waals surface area contributed by atoms with Crippen molar-refractivity contribution in [3.63, 3.8) is 0 Å². The molecule has 1 fully saturated rings. The number of hydrogen-bond donors (Lipinski definition) is 1. The van der Waals surface area contributed by atoms with E-state index in [0.29, 0.717) is 18.4 Å². The number of halogens is 1. The number of carbonyl (C=O) groups is 2. The van der Waals surface area contributed by atoms with Gasteiger partial charge in [-0.15, -0.1) is 0 Å². The minimum Gasteiger partial charge on any atom is -0.481 e. The van der Waals surface area contributed by atoms with E-state index in [1.54, 1.807) is 18.2 Å². The molecule has 2 rings (SSSR count). The van der Waals surface area contributed by atoms with Crippen molar-refractivity contribution in [2.24, 2.45) is 11.8 Å². The highest BCUT2D eigenvalue weighted by Gasteiger charge is 2.37. The van der Waals surface area contributed by atoms with Crippen LogP contribution in [0.4, 0.5) is 0 Å². The lowest BCUT2D eigenvalue weighted by molar-refractivity contribution is -0.142. The SMILES string of the molecule is O=C(O)[C@@H]1CCC[C@H]1C(=O)c1cccc(Br)c1. The van der Waals surface area contributed by atoms with Gasteiger partial charge in [0.1, 0.15) is 0 Å². The van der Waals surface area contributed by atoms with Crippen LogP contribution in [-0.4, -0.2) is 16.9 Å². The molecule has 0 heterocycles. The molecule has 1 aromatic carbocycles. The number of benzene rings is 1. The largest absolute Gasteiger partial charge is 0.481 e. The van der Waals surface area contributed by atoms with Gasteiger partial charge in [0.05, 0.1) is 5.92 Å². The van der Waals surface area contributed by atoms with Crippen LogP contribution in [0.5, 0.6) is 0 Å². The van der Waals surface area contributed by atoms with E-state index in [-0.39, 0.29) is 11.7 Å². The van der Waals surface area contributed by atoms with E-state index < -0.39 is 11.9 Å². The molecule has 0 saturated heterocycles. The molecule has 0 unspecified atom stereocenters. The lowest BCUT2D eigenvalue weighted by Crippen LogP contribution is -2.25. The Morgan fingerprint density at radius 3 is 2.59 bits per heavy atom. The fraction of sp³-hybridized carbons (Fsp3) is 0.385. The molecular formula is C13H13BrO3. The molecule has 0 radical (unpaired) electrons. The minimum atomic E-state index is -0.851. The van der Waals surface area contributed by atoms with Crippen LogP contribution in [0.25, 0.3) is 0 Å². The molecule has 90 valence electrons. The van der Waals surface area contributed by atoms with Gasteiger partial charge in [0, 0.05) is 16.0 Å². The van der Waals surface area contributed by atoms with Crippen molar-refractivity contribution in [1.29, 1.82) is 0 Å². The van der Waals surface area contributed by atoms with Crippen molar-refractivity contribution in [1.82, 2.24) is 0 Å². The third-order valence-corrected chi connectivity index (χ3v) is 3.77. The van der Waals surface area contributed by atoms with Gasteiger partial charge in [-0.2, -0.15) is 0 Å². The zero-order valence-electron chi connectivity index (χ0n) is 9.23. The maximum Gasteiger partial charge on any atom is 0.307 e. The van der Waals surface area contributed by atoms with Crippen LogP contribution in [0.15, 0.2) is 28.7 Å². The highest BCUT2D eigenvalue weighted by molar-refractivity contribution is 9.10. The Labute approximate surface area is 108 Å². The standard InChI is InChI=1S/C13H13BrO3/c14-9-4-1-3-8(7-9)12(15)10-5-2-6-11(10)13(16)17/h1,3-4,7,10-11H,2,5-6H2,(H,16,17)/t10-,11-/m1/s1. The second-order valence-corrected chi connectivity index (χ2v) is 5.27. The number of aliphatic carboxylic acids is 1. The van der Waals surface area contributed by atoms with Gasteiger partial charge in [-0.05, 0) is 25.0 Å². The molecular weight excluding hydrogens is 284 g/mol. The summed E-state index contributed by atoms with van der Waals surface area (Å²) in [5.41, 5.74) is 0.595. The van der Waals surface area contributed by atoms with Gasteiger partial charge in [0.2, 0.25) is 0 Å². The smallest absolute Gasteiger partial charge is 0.307 e. The van der Waals surface area contributed by atoms with Crippen LogP contribution >= 0.6 is 15.9 Å². The summed E-state index contributed by atoms with van der Waals surface area (Å²) in [6, 6.07) is 7.13. The van der Waals surface area contributed by atoms with E-state index in [0.717, 1.165) is 10.9 Å². The summed E-state index contributed by atoms with van der Waals surface area (Å²) in [5, 5.41) is 9.07. The fourth-order valence-corrected chi connectivity index (χ4v) is 2.82. The zero-order valence-corrected chi connectivity index (χ0v) is 10.8. The number of rotatable bonds is 3. The van der Waals surface area contributed by atoms with Gasteiger partial charge in [0.15, 0.2) is 5.78 Å². The summed E-state index contributed by atoms with van der Waals surface area (Å²) in [6.45, 7) is 0. The number of ketones is 1. The predicted molar refractivity (Wildman–Crippen MR) is 66.9 cm³/mol. The molecule has 0 aliphatic heterocycles. The Balaban J connectivity index is 2.23. The number of carboxylic acids is 1. The summed E-state index contributed by atoms with van der Waals surface area (Å²) >= 11 is 3.31. The van der Waals surface area contributed by atoms with Gasteiger partial charge >= 0.3 is 5.97 Å². The van der Waals surface area contributed by atoms with Crippen LogP contribution in [0.1, 0.15) is 29.6 Å². The first-order chi connectivity index (χ1) is 8.09. The molecule has 0 amide bonds. The molecule has 1 aliphatic carbocycles. The topological polar surface area (TPSA) is 54.4 Å². The second kappa shape index (κ2) is 5.00. The van der Waals surface area contributed by atoms with Gasteiger partial charge in [-0.25, -0.2) is 0 Å². The lowest BCUT2D eigenvalue weighted by Gasteiger charge is -2.14. The predicted octanol–water partition coefficient (Wildman–Crippen LogP) is 3.13. The van der Waals surface area contributed by atoms with E-state index in [2.05, 4.69) is 15.9 Å². The summed E-state index contributed by atoms with van der Waals surface area (Å²) in [5.74, 6) is -1.77. The molecule has 4 heteroatoms. The molecule has 1 saturated carbocycles. The van der Waals surface area contributed by atoms with E-state index in [4.69, 9.17) is 5.11 Å². The van der Waals surface area contributed by atoms with Crippen molar-refractivity contribution in [2.75, 3.05) is 0 Å². The van der Waals surface area contributed by atoms with Gasteiger partial charge in [-0.3, -0.25) is 9.59 Å². The van der Waals surface area contributed by atoms with Crippen molar-refractivity contribution in [3.8, 4) is 0 Å². The minimum absolute atomic E-state index is 0.0452. The average molecular weight is 297 g/mol. The van der Waals surface area contributed by atoms with Crippen LogP contribution in [0.2, 0.25) is 0 Å². The molecule has 3 nitrogen and oxygen atoms in total. The normalized spacial score (nSPS) is 23.6. The van der Waals surface area contributed by atoms with Crippen LogP contribution in [0, 0.1) is 11.8 Å². The van der Waals surface area contributed by atoms with Crippen LogP contribution in [-0.2, 0) is 4.79 Å². The Bertz CT molecular complexity index is 456. The lowest BCUT2D eigenvalue weighted by atomic mass is 9.88. The van der Waals surface area contributed by atoms with E-state index in [1.807, 2.05) is 6.07 Å². The molecule has 1 aliphatic rings. The first-order valence-corrected chi connectivity index (χ1v) is 6.41. The molecule has 17 heavy (non-hydrogen) atoms. The molecule has 0 bridgehead atoms. The van der Waals surface area contributed by atoms with Crippen LogP contribution in [0.3, 0.4) is 0 Å². The van der Waals surface area contributed by atoms with E-state index in [9.17, 15) is 9.59 Å². The number of hydrogen-bond acceptors (Lipinski definition) is 2. The third-order valence-electron chi connectivity index (χ3n) is 3.28.